The second-order valence-electron chi connectivity index (χ2n) is 2.72. The van der Waals surface area contributed by atoms with E-state index in [-0.39, 0.29) is 6.61 Å². The van der Waals surface area contributed by atoms with Crippen molar-refractivity contribution in [1.29, 1.82) is 0 Å². The monoisotopic (exact) mass is 231 g/mol. The van der Waals surface area contributed by atoms with E-state index in [4.69, 9.17) is 11.6 Å². The Labute approximate surface area is 86.1 Å². The topological polar surface area (TPSA) is 21.3 Å². The van der Waals surface area contributed by atoms with Gasteiger partial charge in [0.05, 0.1) is 0 Å². The lowest BCUT2D eigenvalue weighted by Gasteiger charge is -2.07. The lowest BCUT2D eigenvalue weighted by molar-refractivity contribution is -0.173. The summed E-state index contributed by atoms with van der Waals surface area (Å²) in [6, 6.07) is 0. The minimum Gasteiger partial charge on any atom is -0.372 e. The highest BCUT2D eigenvalue weighted by atomic mass is 35.5. The third-order valence-corrected chi connectivity index (χ3v) is 1.36. The summed E-state index contributed by atoms with van der Waals surface area (Å²) in [6.07, 6.45) is -3.72. The van der Waals surface area contributed by atoms with Crippen molar-refractivity contribution in [3.63, 3.8) is 0 Å². The molecule has 0 aromatic heterocycles. The number of halogens is 4. The average molecular weight is 232 g/mol. The van der Waals surface area contributed by atoms with Gasteiger partial charge in [0.1, 0.15) is 6.61 Å². The van der Waals surface area contributed by atoms with Crippen molar-refractivity contribution in [1.82, 2.24) is 5.32 Å². The first-order valence-corrected chi connectivity index (χ1v) is 4.48. The molecular formula is C8H13ClF3NO. The summed E-state index contributed by atoms with van der Waals surface area (Å²) in [5.74, 6) is 0. The van der Waals surface area contributed by atoms with E-state index < -0.39 is 12.8 Å². The molecule has 0 rings (SSSR count). The van der Waals surface area contributed by atoms with Gasteiger partial charge in [0, 0.05) is 18.2 Å². The van der Waals surface area contributed by atoms with Crippen LogP contribution in [0.1, 0.15) is 6.42 Å². The molecule has 2 nitrogen and oxygen atoms in total. The molecule has 0 saturated heterocycles. The van der Waals surface area contributed by atoms with E-state index in [0.29, 0.717) is 24.5 Å². The van der Waals surface area contributed by atoms with Crippen molar-refractivity contribution in [3.8, 4) is 0 Å². The first kappa shape index (κ1) is 13.7. The number of rotatable bonds is 7. The Morgan fingerprint density at radius 1 is 1.43 bits per heavy atom. The van der Waals surface area contributed by atoms with E-state index in [1.165, 1.54) is 0 Å². The van der Waals surface area contributed by atoms with Gasteiger partial charge in [-0.1, -0.05) is 18.2 Å². The molecule has 0 bridgehead atoms. The molecule has 0 aromatic carbocycles. The standard InChI is InChI=1S/C8H13ClF3NO/c1-7(9)5-13-3-2-4-14-6-8(10,11)12/h13H,1-6H2. The summed E-state index contributed by atoms with van der Waals surface area (Å²) in [5.41, 5.74) is 0. The van der Waals surface area contributed by atoms with E-state index in [2.05, 4.69) is 16.6 Å². The van der Waals surface area contributed by atoms with Gasteiger partial charge in [-0.25, -0.2) is 0 Å². The average Bonchev–Trinajstić information content (AvgIpc) is 2.00. The second kappa shape index (κ2) is 7.09. The van der Waals surface area contributed by atoms with Gasteiger partial charge in [-0.15, -0.1) is 0 Å². The molecule has 0 spiro atoms. The van der Waals surface area contributed by atoms with Crippen LogP contribution in [0.5, 0.6) is 0 Å². The van der Waals surface area contributed by atoms with Gasteiger partial charge in [0.25, 0.3) is 0 Å². The highest BCUT2D eigenvalue weighted by molar-refractivity contribution is 6.29. The maximum absolute atomic E-state index is 11.6. The predicted octanol–water partition coefficient (Wildman–Crippen LogP) is 2.30. The number of hydrogen-bond acceptors (Lipinski definition) is 2. The Morgan fingerprint density at radius 2 is 2.07 bits per heavy atom. The molecular weight excluding hydrogens is 219 g/mol. The van der Waals surface area contributed by atoms with E-state index in [1.54, 1.807) is 0 Å². The van der Waals surface area contributed by atoms with Crippen LogP contribution >= 0.6 is 11.6 Å². The fourth-order valence-electron chi connectivity index (χ4n) is 0.711. The molecule has 0 radical (unpaired) electrons. The van der Waals surface area contributed by atoms with E-state index in [0.717, 1.165) is 0 Å². The molecule has 0 aromatic rings. The Hall–Kier alpha value is -0.260. The molecule has 0 aliphatic rings. The molecule has 0 fully saturated rings. The lowest BCUT2D eigenvalue weighted by atomic mass is 10.4. The SMILES string of the molecule is C=C(Cl)CNCCCOCC(F)(F)F. The molecule has 84 valence electrons. The number of nitrogens with one attached hydrogen (secondary N) is 1. The van der Waals surface area contributed by atoms with Gasteiger partial charge >= 0.3 is 6.18 Å². The van der Waals surface area contributed by atoms with Crippen LogP contribution < -0.4 is 5.32 Å². The fourth-order valence-corrected chi connectivity index (χ4v) is 0.806. The Kier molecular flexibility index (Phi) is 6.96. The van der Waals surface area contributed by atoms with Gasteiger partial charge in [-0.2, -0.15) is 13.2 Å². The zero-order chi connectivity index (χ0) is 11.0. The number of hydrogen-bond donors (Lipinski definition) is 1. The third-order valence-electron chi connectivity index (χ3n) is 1.22. The first-order valence-electron chi connectivity index (χ1n) is 4.10. The molecule has 0 aliphatic carbocycles. The molecule has 0 aliphatic heterocycles. The van der Waals surface area contributed by atoms with Crippen molar-refractivity contribution in [2.45, 2.75) is 12.6 Å². The van der Waals surface area contributed by atoms with Gasteiger partial charge in [-0.3, -0.25) is 0 Å². The normalized spacial score (nSPS) is 11.7. The van der Waals surface area contributed by atoms with Crippen LogP contribution in [-0.2, 0) is 4.74 Å². The van der Waals surface area contributed by atoms with Gasteiger partial charge in [-0.05, 0) is 13.0 Å². The summed E-state index contributed by atoms with van der Waals surface area (Å²) in [4.78, 5) is 0. The number of alkyl halides is 3. The molecule has 0 atom stereocenters. The molecule has 14 heavy (non-hydrogen) atoms. The zero-order valence-electron chi connectivity index (χ0n) is 7.66. The Bertz CT molecular complexity index is 172. The Balaban J connectivity index is 3.11. The van der Waals surface area contributed by atoms with Crippen molar-refractivity contribution in [2.24, 2.45) is 0 Å². The summed E-state index contributed by atoms with van der Waals surface area (Å²) < 4.78 is 39.1. The van der Waals surface area contributed by atoms with Crippen molar-refractivity contribution in [3.05, 3.63) is 11.6 Å². The van der Waals surface area contributed by atoms with Crippen LogP contribution in [0.3, 0.4) is 0 Å². The largest absolute Gasteiger partial charge is 0.411 e. The fraction of sp³-hybridized carbons (Fsp3) is 0.750. The Morgan fingerprint density at radius 3 is 2.57 bits per heavy atom. The van der Waals surface area contributed by atoms with Crippen molar-refractivity contribution >= 4 is 11.6 Å². The summed E-state index contributed by atoms with van der Waals surface area (Å²) >= 11 is 5.44. The predicted molar refractivity (Wildman–Crippen MR) is 49.4 cm³/mol. The molecule has 0 amide bonds. The van der Waals surface area contributed by atoms with Crippen LogP contribution in [0.4, 0.5) is 13.2 Å². The first-order chi connectivity index (χ1) is 6.42. The lowest BCUT2D eigenvalue weighted by Crippen LogP contribution is -2.21. The second-order valence-corrected chi connectivity index (χ2v) is 3.25. The van der Waals surface area contributed by atoms with Crippen LogP contribution in [-0.4, -0.2) is 32.5 Å². The summed E-state index contributed by atoms with van der Waals surface area (Å²) in [5, 5.41) is 3.36. The highest BCUT2D eigenvalue weighted by Gasteiger charge is 2.26. The van der Waals surface area contributed by atoms with Crippen molar-refractivity contribution < 1.29 is 17.9 Å². The molecule has 1 N–H and O–H groups in total. The minimum absolute atomic E-state index is 0.0846. The van der Waals surface area contributed by atoms with Gasteiger partial charge in [0.15, 0.2) is 0 Å². The van der Waals surface area contributed by atoms with Crippen LogP contribution in [0, 0.1) is 0 Å². The number of ether oxygens (including phenoxy) is 1. The molecule has 6 heteroatoms. The summed E-state index contributed by atoms with van der Waals surface area (Å²) in [6.45, 7) is 3.36. The quantitative estimate of drug-likeness (QED) is 0.679. The smallest absolute Gasteiger partial charge is 0.372 e. The maximum Gasteiger partial charge on any atom is 0.411 e. The van der Waals surface area contributed by atoms with E-state index in [1.807, 2.05) is 0 Å². The van der Waals surface area contributed by atoms with Gasteiger partial charge in [0.2, 0.25) is 0 Å². The van der Waals surface area contributed by atoms with Gasteiger partial charge < -0.3 is 10.1 Å². The van der Waals surface area contributed by atoms with Crippen LogP contribution in [0.25, 0.3) is 0 Å². The van der Waals surface area contributed by atoms with Crippen molar-refractivity contribution in [2.75, 3.05) is 26.3 Å². The summed E-state index contributed by atoms with van der Waals surface area (Å²) in [7, 11) is 0. The minimum atomic E-state index is -4.24. The zero-order valence-corrected chi connectivity index (χ0v) is 8.42. The third kappa shape index (κ3) is 11.7. The maximum atomic E-state index is 11.6. The van der Waals surface area contributed by atoms with Crippen LogP contribution in [0.15, 0.2) is 11.6 Å². The highest BCUT2D eigenvalue weighted by Crippen LogP contribution is 2.14. The molecule has 0 heterocycles. The molecule has 0 unspecified atom stereocenters. The van der Waals surface area contributed by atoms with Crippen LogP contribution in [0.2, 0.25) is 0 Å². The van der Waals surface area contributed by atoms with E-state index in [9.17, 15) is 13.2 Å². The molecule has 0 saturated carbocycles. The van der Waals surface area contributed by atoms with E-state index >= 15 is 0 Å².